The topological polar surface area (TPSA) is 76.7 Å². The number of rotatable bonds is 6. The van der Waals surface area contributed by atoms with Gasteiger partial charge in [0.2, 0.25) is 0 Å². The third-order valence-electron chi connectivity index (χ3n) is 3.98. The molecule has 1 saturated carbocycles. The molecule has 0 unspecified atom stereocenters. The maximum atomic E-state index is 12.4. The molecule has 25 heavy (non-hydrogen) atoms. The lowest BCUT2D eigenvalue weighted by Gasteiger charge is -2.12. The molecular weight excluding hydrogens is 320 g/mol. The zero-order valence-corrected chi connectivity index (χ0v) is 14.2. The Kier molecular flexibility index (Phi) is 4.88. The molecule has 0 bridgehead atoms. The highest BCUT2D eigenvalue weighted by molar-refractivity contribution is 6.05. The van der Waals surface area contributed by atoms with Gasteiger partial charge in [0.25, 0.3) is 11.8 Å². The SMILES string of the molecule is COc1ccc(OC)c(NC(=O)c2ccc(C(=O)NC3CC3)cc2)c1. The number of carbonyl (C=O) groups is 2. The van der Waals surface area contributed by atoms with E-state index in [1.54, 1.807) is 49.6 Å². The predicted octanol–water partition coefficient (Wildman–Crippen LogP) is 2.85. The normalized spacial score (nSPS) is 13.0. The Bertz CT molecular complexity index is 783. The van der Waals surface area contributed by atoms with Crippen LogP contribution in [0.5, 0.6) is 11.5 Å². The quantitative estimate of drug-likeness (QED) is 0.848. The zero-order valence-electron chi connectivity index (χ0n) is 14.2. The van der Waals surface area contributed by atoms with Gasteiger partial charge >= 0.3 is 0 Å². The molecule has 0 atom stereocenters. The number of hydrogen-bond acceptors (Lipinski definition) is 4. The van der Waals surface area contributed by atoms with Gasteiger partial charge in [0.05, 0.1) is 19.9 Å². The van der Waals surface area contributed by atoms with Crippen molar-refractivity contribution >= 4 is 17.5 Å². The van der Waals surface area contributed by atoms with Crippen LogP contribution in [0.3, 0.4) is 0 Å². The first-order valence-electron chi connectivity index (χ1n) is 8.05. The first-order valence-corrected chi connectivity index (χ1v) is 8.05. The standard InChI is InChI=1S/C19H20N2O4/c1-24-15-9-10-17(25-2)16(11-15)21-19(23)13-5-3-12(4-6-13)18(22)20-14-7-8-14/h3-6,9-11,14H,7-8H2,1-2H3,(H,20,22)(H,21,23). The van der Waals surface area contributed by atoms with E-state index < -0.39 is 0 Å². The maximum absolute atomic E-state index is 12.4. The average molecular weight is 340 g/mol. The van der Waals surface area contributed by atoms with Crippen LogP contribution in [-0.2, 0) is 0 Å². The highest BCUT2D eigenvalue weighted by Crippen LogP contribution is 2.29. The lowest BCUT2D eigenvalue weighted by atomic mass is 10.1. The van der Waals surface area contributed by atoms with Crippen LogP contribution in [0.2, 0.25) is 0 Å². The smallest absolute Gasteiger partial charge is 0.255 e. The van der Waals surface area contributed by atoms with Gasteiger partial charge in [-0.2, -0.15) is 0 Å². The van der Waals surface area contributed by atoms with Crippen LogP contribution in [0.25, 0.3) is 0 Å². The summed E-state index contributed by atoms with van der Waals surface area (Å²) in [5.41, 5.74) is 1.51. The number of benzene rings is 2. The van der Waals surface area contributed by atoms with E-state index in [2.05, 4.69) is 10.6 Å². The van der Waals surface area contributed by atoms with Crippen LogP contribution in [0.15, 0.2) is 42.5 Å². The largest absolute Gasteiger partial charge is 0.497 e. The molecular formula is C19H20N2O4. The zero-order chi connectivity index (χ0) is 17.8. The molecule has 0 spiro atoms. The number of methoxy groups -OCH3 is 2. The Balaban J connectivity index is 1.71. The Morgan fingerprint density at radius 2 is 1.56 bits per heavy atom. The minimum atomic E-state index is -0.291. The maximum Gasteiger partial charge on any atom is 0.255 e. The molecule has 2 aromatic carbocycles. The summed E-state index contributed by atoms with van der Waals surface area (Å²) in [5.74, 6) is 0.752. The van der Waals surface area contributed by atoms with E-state index in [1.807, 2.05) is 0 Å². The van der Waals surface area contributed by atoms with Crippen LogP contribution in [-0.4, -0.2) is 32.1 Å². The molecule has 3 rings (SSSR count). The minimum absolute atomic E-state index is 0.107. The van der Waals surface area contributed by atoms with E-state index >= 15 is 0 Å². The van der Waals surface area contributed by atoms with E-state index in [-0.39, 0.29) is 11.8 Å². The second kappa shape index (κ2) is 7.25. The average Bonchev–Trinajstić information content (AvgIpc) is 3.45. The van der Waals surface area contributed by atoms with Gasteiger partial charge in [0.15, 0.2) is 0 Å². The van der Waals surface area contributed by atoms with Crippen molar-refractivity contribution in [3.8, 4) is 11.5 Å². The Morgan fingerprint density at radius 1 is 0.920 bits per heavy atom. The Hall–Kier alpha value is -3.02. The van der Waals surface area contributed by atoms with Crippen molar-refractivity contribution in [1.82, 2.24) is 5.32 Å². The van der Waals surface area contributed by atoms with Crippen molar-refractivity contribution in [2.75, 3.05) is 19.5 Å². The fraction of sp³-hybridized carbons (Fsp3) is 0.263. The molecule has 2 N–H and O–H groups in total. The predicted molar refractivity (Wildman–Crippen MR) is 94.4 cm³/mol. The van der Waals surface area contributed by atoms with Gasteiger partial charge in [-0.05, 0) is 49.2 Å². The fourth-order valence-corrected chi connectivity index (χ4v) is 2.38. The second-order valence-electron chi connectivity index (χ2n) is 5.85. The summed E-state index contributed by atoms with van der Waals surface area (Å²) in [6.45, 7) is 0. The van der Waals surface area contributed by atoms with E-state index in [9.17, 15) is 9.59 Å². The van der Waals surface area contributed by atoms with Gasteiger partial charge in [-0.15, -0.1) is 0 Å². The van der Waals surface area contributed by atoms with Crippen LogP contribution in [0, 0.1) is 0 Å². The fourth-order valence-electron chi connectivity index (χ4n) is 2.38. The molecule has 0 saturated heterocycles. The number of nitrogens with one attached hydrogen (secondary N) is 2. The van der Waals surface area contributed by atoms with Gasteiger partial charge in [-0.25, -0.2) is 0 Å². The third kappa shape index (κ3) is 4.09. The number of ether oxygens (including phenoxy) is 2. The Morgan fingerprint density at radius 3 is 2.12 bits per heavy atom. The summed E-state index contributed by atoms with van der Waals surface area (Å²) >= 11 is 0. The van der Waals surface area contributed by atoms with E-state index in [0.717, 1.165) is 12.8 Å². The van der Waals surface area contributed by atoms with Crippen molar-refractivity contribution < 1.29 is 19.1 Å². The van der Waals surface area contributed by atoms with Crippen molar-refractivity contribution in [3.63, 3.8) is 0 Å². The molecule has 0 heterocycles. The van der Waals surface area contributed by atoms with Crippen molar-refractivity contribution in [3.05, 3.63) is 53.6 Å². The van der Waals surface area contributed by atoms with E-state index in [1.165, 1.54) is 7.11 Å². The van der Waals surface area contributed by atoms with Crippen molar-refractivity contribution in [2.45, 2.75) is 18.9 Å². The molecule has 6 heteroatoms. The molecule has 1 aliphatic carbocycles. The Labute approximate surface area is 146 Å². The molecule has 1 aliphatic rings. The molecule has 0 aromatic heterocycles. The summed E-state index contributed by atoms with van der Waals surface area (Å²) in [4.78, 5) is 24.4. The summed E-state index contributed by atoms with van der Waals surface area (Å²) in [6, 6.07) is 12.0. The van der Waals surface area contributed by atoms with Gasteiger partial charge in [0, 0.05) is 23.2 Å². The molecule has 6 nitrogen and oxygen atoms in total. The highest BCUT2D eigenvalue weighted by Gasteiger charge is 2.23. The van der Waals surface area contributed by atoms with Crippen LogP contribution >= 0.6 is 0 Å². The first kappa shape index (κ1) is 16.8. The molecule has 1 fully saturated rings. The number of carbonyl (C=O) groups excluding carboxylic acids is 2. The third-order valence-corrected chi connectivity index (χ3v) is 3.98. The lowest BCUT2D eigenvalue weighted by molar-refractivity contribution is 0.0949. The monoisotopic (exact) mass is 340 g/mol. The molecule has 2 aromatic rings. The van der Waals surface area contributed by atoms with Crippen molar-refractivity contribution in [1.29, 1.82) is 0 Å². The van der Waals surface area contributed by atoms with Crippen LogP contribution in [0.1, 0.15) is 33.6 Å². The molecule has 2 amide bonds. The highest BCUT2D eigenvalue weighted by atomic mass is 16.5. The number of anilines is 1. The first-order chi connectivity index (χ1) is 12.1. The number of amides is 2. The molecule has 130 valence electrons. The molecule has 0 aliphatic heterocycles. The summed E-state index contributed by atoms with van der Waals surface area (Å²) in [5, 5.41) is 5.72. The van der Waals surface area contributed by atoms with Gasteiger partial charge in [-0.1, -0.05) is 0 Å². The summed E-state index contributed by atoms with van der Waals surface area (Å²) in [7, 11) is 3.09. The van der Waals surface area contributed by atoms with Gasteiger partial charge in [-0.3, -0.25) is 9.59 Å². The van der Waals surface area contributed by atoms with E-state index in [4.69, 9.17) is 9.47 Å². The van der Waals surface area contributed by atoms with Crippen LogP contribution in [0.4, 0.5) is 5.69 Å². The minimum Gasteiger partial charge on any atom is -0.497 e. The lowest BCUT2D eigenvalue weighted by Crippen LogP contribution is -2.25. The van der Waals surface area contributed by atoms with Crippen molar-refractivity contribution in [2.24, 2.45) is 0 Å². The molecule has 0 radical (unpaired) electrons. The second-order valence-corrected chi connectivity index (χ2v) is 5.85. The summed E-state index contributed by atoms with van der Waals surface area (Å²) < 4.78 is 10.4. The number of hydrogen-bond donors (Lipinski definition) is 2. The van der Waals surface area contributed by atoms with Gasteiger partial charge < -0.3 is 20.1 Å². The summed E-state index contributed by atoms with van der Waals surface area (Å²) in [6.07, 6.45) is 2.07. The van der Waals surface area contributed by atoms with Crippen LogP contribution < -0.4 is 20.1 Å². The van der Waals surface area contributed by atoms with Gasteiger partial charge in [0.1, 0.15) is 11.5 Å². The van der Waals surface area contributed by atoms with E-state index in [0.29, 0.717) is 34.4 Å².